The van der Waals surface area contributed by atoms with E-state index in [-0.39, 0.29) is 5.97 Å². The summed E-state index contributed by atoms with van der Waals surface area (Å²) < 4.78 is 6.62. The van der Waals surface area contributed by atoms with Crippen molar-refractivity contribution in [2.75, 3.05) is 13.7 Å². The lowest BCUT2D eigenvalue weighted by Crippen LogP contribution is -2.39. The van der Waals surface area contributed by atoms with Crippen molar-refractivity contribution in [1.29, 1.82) is 0 Å². The third-order valence-electron chi connectivity index (χ3n) is 2.32. The van der Waals surface area contributed by atoms with Gasteiger partial charge in [0.15, 0.2) is 0 Å². The first-order valence-corrected chi connectivity index (χ1v) is 5.49. The molecule has 90 valence electrons. The Balaban J connectivity index is 2.70. The van der Waals surface area contributed by atoms with Gasteiger partial charge in [0.05, 0.1) is 30.1 Å². The SMILES string of the molecule is CCOC(=O)C(Cn1ncc(Cl)c1C)NC. The van der Waals surface area contributed by atoms with Gasteiger partial charge < -0.3 is 10.1 Å². The van der Waals surface area contributed by atoms with Gasteiger partial charge in [-0.1, -0.05) is 11.6 Å². The standard InChI is InChI=1S/C10H16ClN3O2/c1-4-16-10(15)9(12-3)6-14-7(2)8(11)5-13-14/h5,9,12H,4,6H2,1-3H3. The minimum Gasteiger partial charge on any atom is -0.465 e. The fraction of sp³-hybridized carbons (Fsp3) is 0.600. The van der Waals surface area contributed by atoms with Crippen molar-refractivity contribution < 1.29 is 9.53 Å². The molecule has 1 aromatic rings. The van der Waals surface area contributed by atoms with Crippen LogP contribution in [0.3, 0.4) is 0 Å². The summed E-state index contributed by atoms with van der Waals surface area (Å²) in [7, 11) is 1.71. The second kappa shape index (κ2) is 5.86. The van der Waals surface area contributed by atoms with Gasteiger partial charge in [0.25, 0.3) is 0 Å². The lowest BCUT2D eigenvalue weighted by molar-refractivity contribution is -0.145. The third-order valence-corrected chi connectivity index (χ3v) is 2.69. The summed E-state index contributed by atoms with van der Waals surface area (Å²) in [5.74, 6) is -0.281. The molecule has 1 heterocycles. The summed E-state index contributed by atoms with van der Waals surface area (Å²) in [6.45, 7) is 4.41. The van der Waals surface area contributed by atoms with Crippen molar-refractivity contribution >= 4 is 17.6 Å². The summed E-state index contributed by atoms with van der Waals surface area (Å²) in [6.07, 6.45) is 1.56. The number of hydrogen-bond acceptors (Lipinski definition) is 4. The summed E-state index contributed by atoms with van der Waals surface area (Å²) in [6, 6.07) is -0.408. The summed E-state index contributed by atoms with van der Waals surface area (Å²) in [4.78, 5) is 11.5. The van der Waals surface area contributed by atoms with Crippen LogP contribution in [0.25, 0.3) is 0 Å². The normalized spacial score (nSPS) is 12.5. The van der Waals surface area contributed by atoms with Crippen LogP contribution in [-0.2, 0) is 16.1 Å². The average molecular weight is 246 g/mol. The van der Waals surface area contributed by atoms with Crippen molar-refractivity contribution in [1.82, 2.24) is 15.1 Å². The van der Waals surface area contributed by atoms with E-state index in [1.54, 1.807) is 24.9 Å². The molecule has 1 rings (SSSR count). The number of ether oxygens (including phenoxy) is 1. The molecule has 1 N–H and O–H groups in total. The zero-order chi connectivity index (χ0) is 12.1. The predicted octanol–water partition coefficient (Wildman–Crippen LogP) is 0.996. The van der Waals surface area contributed by atoms with E-state index in [0.29, 0.717) is 18.2 Å². The number of halogens is 1. The van der Waals surface area contributed by atoms with E-state index < -0.39 is 6.04 Å². The molecule has 0 aliphatic rings. The van der Waals surface area contributed by atoms with Crippen LogP contribution in [0.1, 0.15) is 12.6 Å². The number of carbonyl (C=O) groups is 1. The van der Waals surface area contributed by atoms with E-state index in [1.807, 2.05) is 6.92 Å². The first-order chi connectivity index (χ1) is 7.60. The second-order valence-corrected chi connectivity index (χ2v) is 3.76. The minimum absolute atomic E-state index is 0.281. The van der Waals surface area contributed by atoms with Gasteiger partial charge in [-0.2, -0.15) is 5.10 Å². The van der Waals surface area contributed by atoms with Gasteiger partial charge in [-0.05, 0) is 20.9 Å². The first-order valence-electron chi connectivity index (χ1n) is 5.12. The van der Waals surface area contributed by atoms with Crippen molar-refractivity contribution in [3.05, 3.63) is 16.9 Å². The number of likely N-dealkylation sites (N-methyl/N-ethyl adjacent to an activating group) is 1. The molecular weight excluding hydrogens is 230 g/mol. The minimum atomic E-state index is -0.408. The largest absolute Gasteiger partial charge is 0.465 e. The Hall–Kier alpha value is -1.07. The molecule has 1 aromatic heterocycles. The number of hydrogen-bond donors (Lipinski definition) is 1. The topological polar surface area (TPSA) is 56.2 Å². The highest BCUT2D eigenvalue weighted by Crippen LogP contribution is 2.13. The van der Waals surface area contributed by atoms with Gasteiger partial charge in [0.1, 0.15) is 6.04 Å². The van der Waals surface area contributed by atoms with Crippen LogP contribution in [0.4, 0.5) is 0 Å². The molecule has 1 unspecified atom stereocenters. The molecule has 0 amide bonds. The van der Waals surface area contributed by atoms with Gasteiger partial charge in [-0.15, -0.1) is 0 Å². The van der Waals surface area contributed by atoms with Gasteiger partial charge in [0, 0.05) is 0 Å². The number of nitrogens with zero attached hydrogens (tertiary/aromatic N) is 2. The van der Waals surface area contributed by atoms with E-state index >= 15 is 0 Å². The van der Waals surface area contributed by atoms with Crippen LogP contribution in [0.2, 0.25) is 5.02 Å². The lowest BCUT2D eigenvalue weighted by atomic mass is 10.3. The van der Waals surface area contributed by atoms with Crippen LogP contribution >= 0.6 is 11.6 Å². The summed E-state index contributed by atoms with van der Waals surface area (Å²) in [5.41, 5.74) is 0.839. The van der Waals surface area contributed by atoms with Crippen molar-refractivity contribution in [3.8, 4) is 0 Å². The Labute approximate surface area is 99.7 Å². The van der Waals surface area contributed by atoms with Gasteiger partial charge in [0.2, 0.25) is 0 Å². The van der Waals surface area contributed by atoms with Gasteiger partial charge in [-0.3, -0.25) is 9.48 Å². The number of nitrogens with one attached hydrogen (secondary N) is 1. The smallest absolute Gasteiger partial charge is 0.325 e. The molecule has 0 aromatic carbocycles. The van der Waals surface area contributed by atoms with Crippen molar-refractivity contribution in [2.24, 2.45) is 0 Å². The molecule has 0 bridgehead atoms. The molecule has 0 saturated carbocycles. The van der Waals surface area contributed by atoms with Crippen LogP contribution in [0, 0.1) is 6.92 Å². The van der Waals surface area contributed by atoms with Crippen LogP contribution in [-0.4, -0.2) is 35.4 Å². The Bertz CT molecular complexity index is 365. The molecule has 0 spiro atoms. The summed E-state index contributed by atoms with van der Waals surface area (Å²) >= 11 is 5.88. The van der Waals surface area contributed by atoms with Crippen LogP contribution in [0.5, 0.6) is 0 Å². The quantitative estimate of drug-likeness (QED) is 0.787. The number of esters is 1. The van der Waals surface area contributed by atoms with E-state index in [0.717, 1.165) is 5.69 Å². The zero-order valence-corrected chi connectivity index (χ0v) is 10.4. The highest BCUT2D eigenvalue weighted by Gasteiger charge is 2.19. The monoisotopic (exact) mass is 245 g/mol. The first kappa shape index (κ1) is 13.0. The number of carbonyl (C=O) groups excluding carboxylic acids is 1. The molecule has 16 heavy (non-hydrogen) atoms. The maximum absolute atomic E-state index is 11.5. The molecule has 0 aliphatic carbocycles. The van der Waals surface area contributed by atoms with Crippen molar-refractivity contribution in [2.45, 2.75) is 26.4 Å². The molecule has 6 heteroatoms. The highest BCUT2D eigenvalue weighted by atomic mass is 35.5. The maximum atomic E-state index is 11.5. The highest BCUT2D eigenvalue weighted by molar-refractivity contribution is 6.31. The van der Waals surface area contributed by atoms with Gasteiger partial charge >= 0.3 is 5.97 Å². The molecule has 1 atom stereocenters. The zero-order valence-electron chi connectivity index (χ0n) is 9.66. The Morgan fingerprint density at radius 3 is 2.88 bits per heavy atom. The van der Waals surface area contributed by atoms with E-state index in [1.165, 1.54) is 0 Å². The van der Waals surface area contributed by atoms with Crippen LogP contribution in [0.15, 0.2) is 6.20 Å². The fourth-order valence-corrected chi connectivity index (χ4v) is 1.45. The van der Waals surface area contributed by atoms with E-state index in [9.17, 15) is 4.79 Å². The molecular formula is C10H16ClN3O2. The van der Waals surface area contributed by atoms with E-state index in [2.05, 4.69) is 10.4 Å². The van der Waals surface area contributed by atoms with Gasteiger partial charge in [-0.25, -0.2) is 0 Å². The van der Waals surface area contributed by atoms with Crippen molar-refractivity contribution in [3.63, 3.8) is 0 Å². The van der Waals surface area contributed by atoms with E-state index in [4.69, 9.17) is 16.3 Å². The number of rotatable bonds is 5. The molecule has 5 nitrogen and oxygen atoms in total. The lowest BCUT2D eigenvalue weighted by Gasteiger charge is -2.15. The predicted molar refractivity (Wildman–Crippen MR) is 61.5 cm³/mol. The fourth-order valence-electron chi connectivity index (χ4n) is 1.31. The second-order valence-electron chi connectivity index (χ2n) is 3.35. The molecule has 0 saturated heterocycles. The third kappa shape index (κ3) is 2.96. The van der Waals surface area contributed by atoms with Crippen LogP contribution < -0.4 is 5.32 Å². The Morgan fingerprint density at radius 2 is 2.44 bits per heavy atom. The Morgan fingerprint density at radius 1 is 1.75 bits per heavy atom. The molecule has 0 fully saturated rings. The molecule has 0 aliphatic heterocycles. The molecule has 0 radical (unpaired) electrons. The summed E-state index contributed by atoms with van der Waals surface area (Å²) in [5, 5.41) is 7.57. The Kier molecular flexibility index (Phi) is 4.76. The number of aromatic nitrogens is 2. The average Bonchev–Trinajstić information content (AvgIpc) is 2.57. The maximum Gasteiger partial charge on any atom is 0.325 e.